The van der Waals surface area contributed by atoms with Crippen LogP contribution in [0.2, 0.25) is 0 Å². The molecule has 0 fully saturated rings. The summed E-state index contributed by atoms with van der Waals surface area (Å²) in [6, 6.07) is 13.1. The summed E-state index contributed by atoms with van der Waals surface area (Å²) >= 11 is 0. The van der Waals surface area contributed by atoms with Crippen LogP contribution in [-0.4, -0.2) is 17.5 Å². The quantitative estimate of drug-likeness (QED) is 0.908. The Bertz CT molecular complexity index is 570. The van der Waals surface area contributed by atoms with Crippen molar-refractivity contribution >= 4 is 5.91 Å². The van der Waals surface area contributed by atoms with Crippen molar-refractivity contribution in [2.24, 2.45) is 0 Å². The minimum atomic E-state index is -0.162. The predicted octanol–water partition coefficient (Wildman–Crippen LogP) is 2.65. The number of rotatable bonds is 5. The Hall–Kier alpha value is -2.36. The van der Waals surface area contributed by atoms with E-state index in [-0.39, 0.29) is 18.6 Å². The molecule has 4 heteroatoms. The molecule has 20 heavy (non-hydrogen) atoms. The monoisotopic (exact) mass is 270 g/mol. The summed E-state index contributed by atoms with van der Waals surface area (Å²) in [5, 5.41) is 2.85. The summed E-state index contributed by atoms with van der Waals surface area (Å²) in [6.07, 6.45) is 1.71. The summed E-state index contributed by atoms with van der Waals surface area (Å²) in [6.45, 7) is 3.88. The van der Waals surface area contributed by atoms with Gasteiger partial charge in [-0.2, -0.15) is 0 Å². The van der Waals surface area contributed by atoms with Gasteiger partial charge >= 0.3 is 0 Å². The van der Waals surface area contributed by atoms with Crippen molar-refractivity contribution in [2.75, 3.05) is 6.61 Å². The minimum Gasteiger partial charge on any atom is -0.484 e. The molecule has 4 nitrogen and oxygen atoms in total. The van der Waals surface area contributed by atoms with Gasteiger partial charge < -0.3 is 10.1 Å². The minimum absolute atomic E-state index is 0.000622. The normalized spacial score (nSPS) is 11.7. The molecule has 0 aliphatic rings. The number of carbonyl (C=O) groups excluding carboxylic acids is 1. The maximum Gasteiger partial charge on any atom is 0.258 e. The van der Waals surface area contributed by atoms with Crippen LogP contribution >= 0.6 is 0 Å². The van der Waals surface area contributed by atoms with Crippen molar-refractivity contribution in [3.05, 3.63) is 59.9 Å². The highest BCUT2D eigenvalue weighted by atomic mass is 16.5. The van der Waals surface area contributed by atoms with E-state index in [4.69, 9.17) is 4.74 Å². The van der Waals surface area contributed by atoms with Crippen molar-refractivity contribution in [1.29, 1.82) is 0 Å². The first-order valence-corrected chi connectivity index (χ1v) is 6.55. The topological polar surface area (TPSA) is 51.2 Å². The van der Waals surface area contributed by atoms with Gasteiger partial charge in [0.1, 0.15) is 5.75 Å². The first kappa shape index (κ1) is 14.1. The fourth-order valence-electron chi connectivity index (χ4n) is 1.84. The van der Waals surface area contributed by atoms with Crippen molar-refractivity contribution in [3.8, 4) is 5.75 Å². The first-order valence-electron chi connectivity index (χ1n) is 6.55. The second kappa shape index (κ2) is 6.70. The molecule has 2 rings (SSSR count). The lowest BCUT2D eigenvalue weighted by atomic mass is 10.2. The van der Waals surface area contributed by atoms with Gasteiger partial charge in [-0.05, 0) is 43.7 Å². The van der Waals surface area contributed by atoms with Crippen LogP contribution in [0, 0.1) is 6.92 Å². The summed E-state index contributed by atoms with van der Waals surface area (Å²) in [5.74, 6) is 0.537. The standard InChI is InChI=1S/C16H18N2O2/c1-12-6-5-7-14(10-12)20-11-16(19)18-13(2)15-8-3-4-9-17-15/h3-10,13H,11H2,1-2H3,(H,18,19). The van der Waals surface area contributed by atoms with Crippen LogP contribution in [0.25, 0.3) is 0 Å². The van der Waals surface area contributed by atoms with E-state index in [0.717, 1.165) is 11.3 Å². The van der Waals surface area contributed by atoms with Crippen molar-refractivity contribution in [2.45, 2.75) is 19.9 Å². The lowest BCUT2D eigenvalue weighted by molar-refractivity contribution is -0.123. The van der Waals surface area contributed by atoms with Gasteiger partial charge in [-0.25, -0.2) is 0 Å². The van der Waals surface area contributed by atoms with Gasteiger partial charge in [0.2, 0.25) is 0 Å². The molecule has 0 saturated carbocycles. The van der Waals surface area contributed by atoms with Gasteiger partial charge in [-0.15, -0.1) is 0 Å². The Balaban J connectivity index is 1.84. The summed E-state index contributed by atoms with van der Waals surface area (Å²) in [7, 11) is 0. The van der Waals surface area contributed by atoms with E-state index in [1.807, 2.05) is 56.3 Å². The van der Waals surface area contributed by atoms with E-state index >= 15 is 0 Å². The third-order valence-corrected chi connectivity index (χ3v) is 2.87. The number of aryl methyl sites for hydroxylation is 1. The molecular weight excluding hydrogens is 252 g/mol. The summed E-state index contributed by atoms with van der Waals surface area (Å²) < 4.78 is 5.45. The highest BCUT2D eigenvalue weighted by molar-refractivity contribution is 5.77. The Morgan fingerprint density at radius 1 is 1.30 bits per heavy atom. The molecule has 0 saturated heterocycles. The molecule has 0 bridgehead atoms. The number of ether oxygens (including phenoxy) is 1. The molecule has 1 unspecified atom stereocenters. The number of aromatic nitrogens is 1. The number of nitrogens with one attached hydrogen (secondary N) is 1. The highest BCUT2D eigenvalue weighted by Crippen LogP contribution is 2.12. The van der Waals surface area contributed by atoms with Crippen LogP contribution in [0.3, 0.4) is 0 Å². The number of benzene rings is 1. The SMILES string of the molecule is Cc1cccc(OCC(=O)NC(C)c2ccccn2)c1. The van der Waals surface area contributed by atoms with Gasteiger partial charge in [0.15, 0.2) is 6.61 Å². The molecule has 0 aliphatic carbocycles. The van der Waals surface area contributed by atoms with Crippen LogP contribution in [-0.2, 0) is 4.79 Å². The van der Waals surface area contributed by atoms with Crippen molar-refractivity contribution in [1.82, 2.24) is 10.3 Å². The Morgan fingerprint density at radius 2 is 2.15 bits per heavy atom. The fourth-order valence-corrected chi connectivity index (χ4v) is 1.84. The average molecular weight is 270 g/mol. The molecule has 0 spiro atoms. The lowest BCUT2D eigenvalue weighted by Gasteiger charge is -2.13. The Labute approximate surface area is 118 Å². The zero-order chi connectivity index (χ0) is 14.4. The second-order valence-corrected chi connectivity index (χ2v) is 4.65. The van der Waals surface area contributed by atoms with E-state index in [1.54, 1.807) is 6.20 Å². The molecule has 0 aliphatic heterocycles. The van der Waals surface area contributed by atoms with Gasteiger partial charge in [0.25, 0.3) is 5.91 Å². The molecule has 2 aromatic rings. The highest BCUT2D eigenvalue weighted by Gasteiger charge is 2.10. The maximum absolute atomic E-state index is 11.8. The Kier molecular flexibility index (Phi) is 4.71. The third-order valence-electron chi connectivity index (χ3n) is 2.87. The second-order valence-electron chi connectivity index (χ2n) is 4.65. The van der Waals surface area contributed by atoms with Crippen molar-refractivity contribution < 1.29 is 9.53 Å². The zero-order valence-corrected chi connectivity index (χ0v) is 11.7. The van der Waals surface area contributed by atoms with Gasteiger partial charge in [0, 0.05) is 6.20 Å². The first-order chi connectivity index (χ1) is 9.65. The third kappa shape index (κ3) is 4.09. The van der Waals surface area contributed by atoms with E-state index in [0.29, 0.717) is 5.75 Å². The number of nitrogens with zero attached hydrogens (tertiary/aromatic N) is 1. The number of hydrogen-bond acceptors (Lipinski definition) is 3. The van der Waals surface area contributed by atoms with Crippen LogP contribution in [0.15, 0.2) is 48.7 Å². The molecule has 1 aromatic heterocycles. The molecule has 1 heterocycles. The van der Waals surface area contributed by atoms with Gasteiger partial charge in [-0.1, -0.05) is 18.2 Å². The largest absolute Gasteiger partial charge is 0.484 e. The molecule has 1 N–H and O–H groups in total. The number of carbonyl (C=O) groups is 1. The van der Waals surface area contributed by atoms with Crippen LogP contribution in [0.1, 0.15) is 24.2 Å². The maximum atomic E-state index is 11.8. The van der Waals surface area contributed by atoms with Crippen molar-refractivity contribution in [3.63, 3.8) is 0 Å². The molecule has 1 atom stereocenters. The molecule has 104 valence electrons. The van der Waals surface area contributed by atoms with Gasteiger partial charge in [-0.3, -0.25) is 9.78 Å². The zero-order valence-electron chi connectivity index (χ0n) is 11.7. The smallest absolute Gasteiger partial charge is 0.258 e. The van der Waals surface area contributed by atoms with Gasteiger partial charge in [0.05, 0.1) is 11.7 Å². The number of hydrogen-bond donors (Lipinski definition) is 1. The van der Waals surface area contributed by atoms with E-state index < -0.39 is 0 Å². The predicted molar refractivity (Wildman–Crippen MR) is 77.5 cm³/mol. The number of pyridine rings is 1. The van der Waals surface area contributed by atoms with Crippen LogP contribution < -0.4 is 10.1 Å². The summed E-state index contributed by atoms with van der Waals surface area (Å²) in [5.41, 5.74) is 1.93. The molecule has 0 radical (unpaired) electrons. The van der Waals surface area contributed by atoms with Crippen LogP contribution in [0.4, 0.5) is 0 Å². The van der Waals surface area contributed by atoms with E-state index in [2.05, 4.69) is 10.3 Å². The van der Waals surface area contributed by atoms with E-state index in [1.165, 1.54) is 0 Å². The number of amides is 1. The molecule has 1 amide bonds. The van der Waals surface area contributed by atoms with E-state index in [9.17, 15) is 4.79 Å². The Morgan fingerprint density at radius 3 is 2.85 bits per heavy atom. The molecule has 1 aromatic carbocycles. The fraction of sp³-hybridized carbons (Fsp3) is 0.250. The summed E-state index contributed by atoms with van der Waals surface area (Å²) in [4.78, 5) is 16.0. The molecular formula is C16H18N2O2. The van der Waals surface area contributed by atoms with Crippen LogP contribution in [0.5, 0.6) is 5.75 Å². The lowest BCUT2D eigenvalue weighted by Crippen LogP contribution is -2.31. The average Bonchev–Trinajstić information content (AvgIpc) is 2.46.